The van der Waals surface area contributed by atoms with E-state index in [1.54, 1.807) is 11.3 Å². The smallest absolute Gasteiger partial charge is 0.119 e. The van der Waals surface area contributed by atoms with Crippen LogP contribution in [0.1, 0.15) is 10.6 Å². The third kappa shape index (κ3) is 2.54. The maximum absolute atomic E-state index is 9.09. The summed E-state index contributed by atoms with van der Waals surface area (Å²) < 4.78 is 6.49. The SMILES string of the molecule is OCc1nc2cc(CN3CCOCC3)ccc2s1. The second-order valence-electron chi connectivity index (χ2n) is 4.46. The van der Waals surface area contributed by atoms with Gasteiger partial charge in [0.1, 0.15) is 5.01 Å². The van der Waals surface area contributed by atoms with Gasteiger partial charge in [-0.05, 0) is 17.7 Å². The number of thiazole rings is 1. The number of rotatable bonds is 3. The van der Waals surface area contributed by atoms with Gasteiger partial charge in [0.2, 0.25) is 0 Å². The summed E-state index contributed by atoms with van der Waals surface area (Å²) in [6, 6.07) is 6.37. The van der Waals surface area contributed by atoms with Crippen molar-refractivity contribution in [2.24, 2.45) is 0 Å². The van der Waals surface area contributed by atoms with Gasteiger partial charge in [0, 0.05) is 19.6 Å². The van der Waals surface area contributed by atoms with Crippen molar-refractivity contribution in [3.8, 4) is 0 Å². The molecule has 1 aromatic heterocycles. The standard InChI is InChI=1S/C13H16N2O2S/c16-9-13-14-11-7-10(1-2-12(11)18-13)8-15-3-5-17-6-4-15/h1-2,7,16H,3-6,8-9H2. The topological polar surface area (TPSA) is 45.6 Å². The van der Waals surface area contributed by atoms with Crippen molar-refractivity contribution in [2.45, 2.75) is 13.2 Å². The first-order chi connectivity index (χ1) is 8.85. The van der Waals surface area contributed by atoms with Crippen LogP contribution in [0.15, 0.2) is 18.2 Å². The zero-order valence-corrected chi connectivity index (χ0v) is 10.9. The summed E-state index contributed by atoms with van der Waals surface area (Å²) in [6.45, 7) is 4.62. The molecule has 1 fully saturated rings. The number of hydrogen-bond acceptors (Lipinski definition) is 5. The van der Waals surface area contributed by atoms with Gasteiger partial charge in [0.25, 0.3) is 0 Å². The van der Waals surface area contributed by atoms with Crippen molar-refractivity contribution >= 4 is 21.6 Å². The van der Waals surface area contributed by atoms with Crippen molar-refractivity contribution in [1.82, 2.24) is 9.88 Å². The molecule has 96 valence electrons. The van der Waals surface area contributed by atoms with Gasteiger partial charge in [-0.3, -0.25) is 4.90 Å². The summed E-state index contributed by atoms with van der Waals surface area (Å²) in [5.74, 6) is 0. The van der Waals surface area contributed by atoms with Crippen LogP contribution < -0.4 is 0 Å². The largest absolute Gasteiger partial charge is 0.389 e. The van der Waals surface area contributed by atoms with E-state index in [4.69, 9.17) is 9.84 Å². The molecule has 1 aliphatic rings. The molecular weight excluding hydrogens is 248 g/mol. The second kappa shape index (κ2) is 5.32. The Bertz CT molecular complexity index is 535. The number of ether oxygens (including phenoxy) is 1. The summed E-state index contributed by atoms with van der Waals surface area (Å²) in [5.41, 5.74) is 2.27. The molecule has 2 aromatic rings. The van der Waals surface area contributed by atoms with E-state index < -0.39 is 0 Å². The number of nitrogens with zero attached hydrogens (tertiary/aromatic N) is 2. The minimum atomic E-state index is 0.0259. The lowest BCUT2D eigenvalue weighted by atomic mass is 10.2. The lowest BCUT2D eigenvalue weighted by Crippen LogP contribution is -2.35. The molecule has 0 atom stereocenters. The fourth-order valence-electron chi connectivity index (χ4n) is 2.20. The molecule has 1 aromatic carbocycles. The fourth-order valence-corrected chi connectivity index (χ4v) is 3.01. The number of hydrogen-bond donors (Lipinski definition) is 1. The molecule has 5 heteroatoms. The summed E-state index contributed by atoms with van der Waals surface area (Å²) in [7, 11) is 0. The minimum Gasteiger partial charge on any atom is -0.389 e. The molecule has 0 radical (unpaired) electrons. The maximum atomic E-state index is 9.09. The number of aliphatic hydroxyl groups excluding tert-OH is 1. The Hall–Kier alpha value is -1.01. The van der Waals surface area contributed by atoms with Crippen molar-refractivity contribution in [3.63, 3.8) is 0 Å². The van der Waals surface area contributed by atoms with Gasteiger partial charge in [-0.1, -0.05) is 6.07 Å². The van der Waals surface area contributed by atoms with Crippen LogP contribution in [0.3, 0.4) is 0 Å². The Morgan fingerprint density at radius 1 is 1.33 bits per heavy atom. The molecule has 1 aliphatic heterocycles. The zero-order chi connectivity index (χ0) is 12.4. The van der Waals surface area contributed by atoms with E-state index >= 15 is 0 Å². The van der Waals surface area contributed by atoms with E-state index in [-0.39, 0.29) is 6.61 Å². The monoisotopic (exact) mass is 264 g/mol. The molecule has 0 saturated carbocycles. The van der Waals surface area contributed by atoms with Crippen LogP contribution in [0.4, 0.5) is 0 Å². The minimum absolute atomic E-state index is 0.0259. The molecule has 0 unspecified atom stereocenters. The Morgan fingerprint density at radius 3 is 2.94 bits per heavy atom. The lowest BCUT2D eigenvalue weighted by Gasteiger charge is -2.26. The molecule has 1 saturated heterocycles. The molecule has 0 spiro atoms. The first kappa shape index (κ1) is 12.0. The Morgan fingerprint density at radius 2 is 2.17 bits per heavy atom. The van der Waals surface area contributed by atoms with Crippen LogP contribution in [0, 0.1) is 0 Å². The van der Waals surface area contributed by atoms with E-state index in [1.807, 2.05) is 0 Å². The Balaban J connectivity index is 1.79. The molecule has 3 rings (SSSR count). The van der Waals surface area contributed by atoms with Crippen molar-refractivity contribution in [2.75, 3.05) is 26.3 Å². The van der Waals surface area contributed by atoms with Gasteiger partial charge < -0.3 is 9.84 Å². The van der Waals surface area contributed by atoms with Gasteiger partial charge in [0.05, 0.1) is 30.0 Å². The summed E-state index contributed by atoms with van der Waals surface area (Å²) in [4.78, 5) is 6.80. The number of fused-ring (bicyclic) bond motifs is 1. The highest BCUT2D eigenvalue weighted by molar-refractivity contribution is 7.18. The lowest BCUT2D eigenvalue weighted by molar-refractivity contribution is 0.0342. The Kier molecular flexibility index (Phi) is 3.56. The third-order valence-electron chi connectivity index (χ3n) is 3.14. The van der Waals surface area contributed by atoms with Gasteiger partial charge in [0.15, 0.2) is 0 Å². The van der Waals surface area contributed by atoms with Crippen molar-refractivity contribution in [3.05, 3.63) is 28.8 Å². The molecule has 0 amide bonds. The van der Waals surface area contributed by atoms with Gasteiger partial charge >= 0.3 is 0 Å². The predicted molar refractivity (Wildman–Crippen MR) is 71.6 cm³/mol. The van der Waals surface area contributed by atoms with E-state index in [1.165, 1.54) is 5.56 Å². The predicted octanol–water partition coefficient (Wildman–Crippen LogP) is 1.62. The van der Waals surface area contributed by atoms with Crippen LogP contribution in [0.25, 0.3) is 10.2 Å². The molecule has 2 heterocycles. The first-order valence-electron chi connectivity index (χ1n) is 6.14. The van der Waals surface area contributed by atoms with E-state index in [9.17, 15) is 0 Å². The molecule has 18 heavy (non-hydrogen) atoms. The highest BCUT2D eigenvalue weighted by Gasteiger charge is 2.11. The molecular formula is C13H16N2O2S. The highest BCUT2D eigenvalue weighted by atomic mass is 32.1. The number of aromatic nitrogens is 1. The average molecular weight is 264 g/mol. The molecule has 0 bridgehead atoms. The highest BCUT2D eigenvalue weighted by Crippen LogP contribution is 2.23. The number of aliphatic hydroxyl groups is 1. The van der Waals surface area contributed by atoms with Crippen molar-refractivity contribution < 1.29 is 9.84 Å². The van der Waals surface area contributed by atoms with Gasteiger partial charge in [-0.25, -0.2) is 4.98 Å². The fraction of sp³-hybridized carbons (Fsp3) is 0.462. The number of morpholine rings is 1. The van der Waals surface area contributed by atoms with Crippen molar-refractivity contribution in [1.29, 1.82) is 0 Å². The first-order valence-corrected chi connectivity index (χ1v) is 6.96. The van der Waals surface area contributed by atoms with Crippen LogP contribution in [-0.4, -0.2) is 41.3 Å². The maximum Gasteiger partial charge on any atom is 0.119 e. The van der Waals surface area contributed by atoms with Gasteiger partial charge in [-0.2, -0.15) is 0 Å². The second-order valence-corrected chi connectivity index (χ2v) is 5.57. The van der Waals surface area contributed by atoms with Crippen LogP contribution in [-0.2, 0) is 17.9 Å². The third-order valence-corrected chi connectivity index (χ3v) is 4.16. The van der Waals surface area contributed by atoms with E-state index in [0.29, 0.717) is 0 Å². The average Bonchev–Trinajstić information content (AvgIpc) is 2.82. The molecule has 4 nitrogen and oxygen atoms in total. The summed E-state index contributed by atoms with van der Waals surface area (Å²) >= 11 is 1.56. The van der Waals surface area contributed by atoms with E-state index in [0.717, 1.165) is 48.1 Å². The Labute approximate surface area is 110 Å². The zero-order valence-electron chi connectivity index (χ0n) is 10.1. The summed E-state index contributed by atoms with van der Waals surface area (Å²) in [6.07, 6.45) is 0. The molecule has 1 N–H and O–H groups in total. The van der Waals surface area contributed by atoms with E-state index in [2.05, 4.69) is 28.1 Å². The molecule has 0 aliphatic carbocycles. The van der Waals surface area contributed by atoms with Crippen LogP contribution in [0.5, 0.6) is 0 Å². The van der Waals surface area contributed by atoms with Crippen LogP contribution >= 0.6 is 11.3 Å². The quantitative estimate of drug-likeness (QED) is 0.915. The number of benzene rings is 1. The van der Waals surface area contributed by atoms with Gasteiger partial charge in [-0.15, -0.1) is 11.3 Å². The normalized spacial score (nSPS) is 17.4. The van der Waals surface area contributed by atoms with Crippen LogP contribution in [0.2, 0.25) is 0 Å². The summed E-state index contributed by atoms with van der Waals surface area (Å²) in [5, 5.41) is 9.88.